The number of rotatable bonds is 9. The third-order valence-corrected chi connectivity index (χ3v) is 6.84. The van der Waals surface area contributed by atoms with Crippen molar-refractivity contribution in [3.05, 3.63) is 63.7 Å². The van der Waals surface area contributed by atoms with E-state index in [-0.39, 0.29) is 5.91 Å². The molecule has 0 aliphatic rings. The minimum atomic E-state index is -3.70. The first-order valence-electron chi connectivity index (χ1n) is 10.3. The van der Waals surface area contributed by atoms with Gasteiger partial charge >= 0.3 is 0 Å². The third-order valence-electron chi connectivity index (χ3n) is 5.25. The first kappa shape index (κ1) is 24.2. The van der Waals surface area contributed by atoms with Gasteiger partial charge < -0.3 is 5.32 Å². The summed E-state index contributed by atoms with van der Waals surface area (Å²) in [4.78, 5) is 13.1. The summed E-state index contributed by atoms with van der Waals surface area (Å²) in [5.74, 6) is -0.330. The van der Waals surface area contributed by atoms with Crippen LogP contribution in [0.5, 0.6) is 0 Å². The van der Waals surface area contributed by atoms with E-state index in [1.165, 1.54) is 11.1 Å². The van der Waals surface area contributed by atoms with E-state index < -0.39 is 16.1 Å². The van der Waals surface area contributed by atoms with Crippen LogP contribution in [0.3, 0.4) is 0 Å². The van der Waals surface area contributed by atoms with E-state index >= 15 is 0 Å². The number of aryl methyl sites for hydroxylation is 3. The number of carbonyl (C=O) groups is 1. The highest BCUT2D eigenvalue weighted by Gasteiger charge is 2.31. The Balaban J connectivity index is 2.31. The lowest BCUT2D eigenvalue weighted by Gasteiger charge is -2.30. The van der Waals surface area contributed by atoms with Crippen LogP contribution in [-0.2, 0) is 34.2 Å². The predicted molar refractivity (Wildman–Crippen MR) is 125 cm³/mol. The summed E-state index contributed by atoms with van der Waals surface area (Å²) in [5.41, 5.74) is 4.66. The van der Waals surface area contributed by atoms with Crippen molar-refractivity contribution in [1.82, 2.24) is 5.32 Å². The molecule has 1 N–H and O–H groups in total. The van der Waals surface area contributed by atoms with Crippen LogP contribution in [0.1, 0.15) is 49.4 Å². The third kappa shape index (κ3) is 5.76. The number of anilines is 1. The molecule has 1 atom stereocenters. The van der Waals surface area contributed by atoms with Crippen LogP contribution >= 0.6 is 11.6 Å². The Bertz CT molecular complexity index is 1010. The highest BCUT2D eigenvalue weighted by atomic mass is 35.5. The molecule has 0 saturated carbocycles. The van der Waals surface area contributed by atoms with Crippen molar-refractivity contribution in [3.8, 4) is 0 Å². The second kappa shape index (κ2) is 10.3. The molecule has 0 aliphatic heterocycles. The summed E-state index contributed by atoms with van der Waals surface area (Å²) in [5, 5.41) is 3.40. The number of hydrogen-bond donors (Lipinski definition) is 1. The molecule has 0 heterocycles. The van der Waals surface area contributed by atoms with E-state index in [2.05, 4.69) is 37.4 Å². The van der Waals surface area contributed by atoms with E-state index in [1.807, 2.05) is 6.92 Å². The zero-order valence-electron chi connectivity index (χ0n) is 18.3. The van der Waals surface area contributed by atoms with Crippen molar-refractivity contribution >= 4 is 33.2 Å². The first-order chi connectivity index (χ1) is 14.1. The molecular weight excluding hydrogens is 420 g/mol. The van der Waals surface area contributed by atoms with Gasteiger partial charge in [-0.25, -0.2) is 8.42 Å². The molecule has 0 spiro atoms. The van der Waals surface area contributed by atoms with Gasteiger partial charge in [0.1, 0.15) is 6.04 Å². The Hall–Kier alpha value is -2.05. The number of hydrogen-bond acceptors (Lipinski definition) is 3. The van der Waals surface area contributed by atoms with Gasteiger partial charge in [0.25, 0.3) is 0 Å². The number of sulfonamides is 1. The lowest BCUT2D eigenvalue weighted by Crippen LogP contribution is -2.49. The lowest BCUT2D eigenvalue weighted by molar-refractivity contribution is -0.122. The highest BCUT2D eigenvalue weighted by molar-refractivity contribution is 7.92. The van der Waals surface area contributed by atoms with Gasteiger partial charge in [0, 0.05) is 11.6 Å². The number of carbonyl (C=O) groups excluding carboxylic acids is 1. The smallest absolute Gasteiger partial charge is 0.244 e. The van der Waals surface area contributed by atoms with E-state index in [9.17, 15) is 13.2 Å². The molecule has 5 nitrogen and oxygen atoms in total. The fourth-order valence-corrected chi connectivity index (χ4v) is 4.87. The van der Waals surface area contributed by atoms with Crippen LogP contribution in [0.2, 0.25) is 5.02 Å². The molecule has 0 aromatic heterocycles. The van der Waals surface area contributed by atoms with Gasteiger partial charge in [-0.05, 0) is 60.6 Å². The Morgan fingerprint density at radius 3 is 2.30 bits per heavy atom. The number of benzene rings is 2. The summed E-state index contributed by atoms with van der Waals surface area (Å²) in [6.07, 6.45) is 3.22. The molecule has 164 valence electrons. The fraction of sp³-hybridized carbons (Fsp3) is 0.435. The second-order valence-corrected chi connectivity index (χ2v) is 9.71. The zero-order chi connectivity index (χ0) is 22.5. The maximum absolute atomic E-state index is 13.1. The van der Waals surface area contributed by atoms with Gasteiger partial charge in [-0.1, -0.05) is 56.6 Å². The molecule has 2 rings (SSSR count). The van der Waals surface area contributed by atoms with Crippen molar-refractivity contribution in [2.45, 2.75) is 59.5 Å². The number of amides is 1. The molecular formula is C23H31ClN2O3S. The normalized spacial score (nSPS) is 12.5. The van der Waals surface area contributed by atoms with Crippen molar-refractivity contribution in [2.24, 2.45) is 0 Å². The zero-order valence-corrected chi connectivity index (χ0v) is 19.9. The summed E-state index contributed by atoms with van der Waals surface area (Å²) in [6, 6.07) is 10.5. The van der Waals surface area contributed by atoms with E-state index in [1.54, 1.807) is 25.1 Å². The Kier molecular flexibility index (Phi) is 8.33. The molecule has 0 radical (unpaired) electrons. The van der Waals surface area contributed by atoms with Gasteiger partial charge in [0.15, 0.2) is 0 Å². The molecule has 1 amide bonds. The van der Waals surface area contributed by atoms with E-state index in [0.717, 1.165) is 34.5 Å². The van der Waals surface area contributed by atoms with Crippen molar-refractivity contribution < 1.29 is 13.2 Å². The minimum absolute atomic E-state index is 0.330. The largest absolute Gasteiger partial charge is 0.350 e. The van der Waals surface area contributed by atoms with Crippen LogP contribution in [-0.4, -0.2) is 26.6 Å². The summed E-state index contributed by atoms with van der Waals surface area (Å²) in [7, 11) is -3.70. The Morgan fingerprint density at radius 1 is 1.07 bits per heavy atom. The predicted octanol–water partition coefficient (Wildman–Crippen LogP) is 4.63. The molecule has 7 heteroatoms. The second-order valence-electron chi connectivity index (χ2n) is 7.44. The van der Waals surface area contributed by atoms with Crippen molar-refractivity contribution in [1.29, 1.82) is 0 Å². The molecule has 0 aliphatic carbocycles. The molecule has 0 fully saturated rings. The first-order valence-corrected chi connectivity index (χ1v) is 12.5. The molecule has 0 bridgehead atoms. The van der Waals surface area contributed by atoms with Crippen LogP contribution < -0.4 is 9.62 Å². The summed E-state index contributed by atoms with van der Waals surface area (Å²) >= 11 is 6.22. The van der Waals surface area contributed by atoms with E-state index in [0.29, 0.717) is 23.7 Å². The molecule has 30 heavy (non-hydrogen) atoms. The van der Waals surface area contributed by atoms with Crippen molar-refractivity contribution in [3.63, 3.8) is 0 Å². The van der Waals surface area contributed by atoms with Crippen LogP contribution in [0.4, 0.5) is 5.69 Å². The quantitative estimate of drug-likeness (QED) is 0.605. The van der Waals surface area contributed by atoms with Gasteiger partial charge in [-0.2, -0.15) is 0 Å². The standard InChI is InChI=1S/C23H31ClN2O3S/c1-6-17-10-11-18(7-2)19(13-17)15-25-23(27)22(8-3)26(30(5,28)29)20-12-9-16(4)21(24)14-20/h9-14,22H,6-8,15H2,1-5H3,(H,25,27)/t22-/m1/s1. The van der Waals surface area contributed by atoms with Crippen LogP contribution in [0, 0.1) is 6.92 Å². The van der Waals surface area contributed by atoms with Crippen LogP contribution in [0.25, 0.3) is 0 Å². The molecule has 2 aromatic carbocycles. The summed E-state index contributed by atoms with van der Waals surface area (Å²) in [6.45, 7) is 8.17. The Labute approximate surface area is 185 Å². The number of nitrogens with zero attached hydrogens (tertiary/aromatic N) is 1. The van der Waals surface area contributed by atoms with Crippen molar-refractivity contribution in [2.75, 3.05) is 10.6 Å². The van der Waals surface area contributed by atoms with Gasteiger partial charge in [-0.3, -0.25) is 9.10 Å². The number of halogens is 1. The molecule has 0 saturated heterocycles. The SMILES string of the molecule is CCc1ccc(CC)c(CNC(=O)[C@@H](CC)N(c2ccc(C)c(Cl)c2)S(C)(=O)=O)c1. The topological polar surface area (TPSA) is 66.5 Å². The summed E-state index contributed by atoms with van der Waals surface area (Å²) < 4.78 is 26.4. The lowest BCUT2D eigenvalue weighted by atomic mass is 10.0. The monoisotopic (exact) mass is 450 g/mol. The van der Waals surface area contributed by atoms with Gasteiger partial charge in [0.2, 0.25) is 15.9 Å². The fourth-order valence-electron chi connectivity index (χ4n) is 3.49. The average molecular weight is 451 g/mol. The maximum Gasteiger partial charge on any atom is 0.244 e. The average Bonchev–Trinajstić information content (AvgIpc) is 2.71. The maximum atomic E-state index is 13.1. The highest BCUT2D eigenvalue weighted by Crippen LogP contribution is 2.27. The number of nitrogens with one attached hydrogen (secondary N) is 1. The minimum Gasteiger partial charge on any atom is -0.350 e. The molecule has 2 aromatic rings. The van der Waals surface area contributed by atoms with Gasteiger partial charge in [0.05, 0.1) is 11.9 Å². The van der Waals surface area contributed by atoms with Crippen LogP contribution in [0.15, 0.2) is 36.4 Å². The Morgan fingerprint density at radius 2 is 1.77 bits per heavy atom. The molecule has 0 unspecified atom stereocenters. The van der Waals surface area contributed by atoms with Gasteiger partial charge in [-0.15, -0.1) is 0 Å². The van der Waals surface area contributed by atoms with E-state index in [4.69, 9.17) is 11.6 Å².